The van der Waals surface area contributed by atoms with Crippen LogP contribution in [0.4, 0.5) is 0 Å². The Balaban J connectivity index is 1.76. The van der Waals surface area contributed by atoms with Crippen molar-refractivity contribution in [3.8, 4) is 5.75 Å². The number of aromatic nitrogens is 2. The van der Waals surface area contributed by atoms with Crippen LogP contribution < -0.4 is 10.1 Å². The molecule has 0 aliphatic carbocycles. The van der Waals surface area contributed by atoms with E-state index in [1.807, 2.05) is 12.1 Å². The molecule has 1 heterocycles. The summed E-state index contributed by atoms with van der Waals surface area (Å²) in [4.78, 5) is 14.4. The van der Waals surface area contributed by atoms with Crippen molar-refractivity contribution in [3.63, 3.8) is 0 Å². The van der Waals surface area contributed by atoms with E-state index in [0.717, 1.165) is 26.1 Å². The standard InChI is InChI=1S/C18H25ClN4O2/c1-3-22(4-2)12-7-11-20-18(24)16-10-13-23(21-16)14-25-17-9-6-5-8-15(17)19/h5-6,8-10,13H,3-4,7,11-12,14H2,1-2H3,(H,20,24). The predicted octanol–water partition coefficient (Wildman–Crippen LogP) is 3.03. The Kier molecular flexibility index (Phi) is 7.76. The van der Waals surface area contributed by atoms with Crippen LogP contribution in [0.3, 0.4) is 0 Å². The number of halogens is 1. The Morgan fingerprint density at radius 3 is 2.76 bits per heavy atom. The fourth-order valence-corrected chi connectivity index (χ4v) is 2.58. The molecule has 2 rings (SSSR count). The quantitative estimate of drug-likeness (QED) is 0.658. The van der Waals surface area contributed by atoms with Crippen molar-refractivity contribution in [1.29, 1.82) is 0 Å². The third-order valence-corrected chi connectivity index (χ3v) is 4.21. The summed E-state index contributed by atoms with van der Waals surface area (Å²) < 4.78 is 7.16. The molecule has 0 spiro atoms. The average molecular weight is 365 g/mol. The van der Waals surface area contributed by atoms with Gasteiger partial charge in [0.15, 0.2) is 6.73 Å². The van der Waals surface area contributed by atoms with Crippen LogP contribution in [-0.4, -0.2) is 46.8 Å². The van der Waals surface area contributed by atoms with Crippen LogP contribution in [0.1, 0.15) is 30.8 Å². The molecular weight excluding hydrogens is 340 g/mol. The highest BCUT2D eigenvalue weighted by Gasteiger charge is 2.09. The molecule has 0 fully saturated rings. The highest BCUT2D eigenvalue weighted by molar-refractivity contribution is 6.32. The summed E-state index contributed by atoms with van der Waals surface area (Å²) in [5, 5.41) is 7.67. The topological polar surface area (TPSA) is 59.4 Å². The maximum absolute atomic E-state index is 12.1. The molecule has 0 atom stereocenters. The van der Waals surface area contributed by atoms with Gasteiger partial charge in [-0.05, 0) is 44.3 Å². The van der Waals surface area contributed by atoms with Crippen molar-refractivity contribution >= 4 is 17.5 Å². The summed E-state index contributed by atoms with van der Waals surface area (Å²) in [5.41, 5.74) is 0.380. The van der Waals surface area contributed by atoms with Gasteiger partial charge in [0.1, 0.15) is 11.4 Å². The van der Waals surface area contributed by atoms with Crippen LogP contribution in [0, 0.1) is 0 Å². The Labute approximate surface area is 153 Å². The second kappa shape index (κ2) is 10.1. The fraction of sp³-hybridized carbons (Fsp3) is 0.444. The van der Waals surface area contributed by atoms with Crippen molar-refractivity contribution in [2.24, 2.45) is 0 Å². The lowest BCUT2D eigenvalue weighted by atomic mass is 10.3. The minimum absolute atomic E-state index is 0.170. The molecule has 1 aromatic carbocycles. The van der Waals surface area contributed by atoms with Gasteiger partial charge in [-0.15, -0.1) is 0 Å². The minimum atomic E-state index is -0.170. The molecule has 0 unspecified atom stereocenters. The second-order valence-corrected chi connectivity index (χ2v) is 5.99. The van der Waals surface area contributed by atoms with E-state index < -0.39 is 0 Å². The first-order chi connectivity index (χ1) is 12.1. The third-order valence-electron chi connectivity index (χ3n) is 3.89. The number of amides is 1. The van der Waals surface area contributed by atoms with E-state index in [4.69, 9.17) is 16.3 Å². The molecule has 136 valence electrons. The summed E-state index contributed by atoms with van der Waals surface area (Å²) in [7, 11) is 0. The Morgan fingerprint density at radius 1 is 1.28 bits per heavy atom. The second-order valence-electron chi connectivity index (χ2n) is 5.58. The van der Waals surface area contributed by atoms with Gasteiger partial charge in [0, 0.05) is 12.7 Å². The van der Waals surface area contributed by atoms with E-state index in [1.54, 1.807) is 29.1 Å². The van der Waals surface area contributed by atoms with Crippen LogP contribution in [-0.2, 0) is 6.73 Å². The molecule has 0 aliphatic rings. The van der Waals surface area contributed by atoms with Crippen LogP contribution in [0.25, 0.3) is 0 Å². The van der Waals surface area contributed by atoms with E-state index in [2.05, 4.69) is 29.2 Å². The van der Waals surface area contributed by atoms with Gasteiger partial charge in [0.05, 0.1) is 5.02 Å². The largest absolute Gasteiger partial charge is 0.470 e. The predicted molar refractivity (Wildman–Crippen MR) is 99.0 cm³/mol. The molecule has 0 radical (unpaired) electrons. The first-order valence-electron chi connectivity index (χ1n) is 8.55. The van der Waals surface area contributed by atoms with E-state index in [-0.39, 0.29) is 12.6 Å². The van der Waals surface area contributed by atoms with Gasteiger partial charge in [-0.3, -0.25) is 4.79 Å². The highest BCUT2D eigenvalue weighted by atomic mass is 35.5. The van der Waals surface area contributed by atoms with Gasteiger partial charge >= 0.3 is 0 Å². The molecule has 1 aromatic heterocycles. The minimum Gasteiger partial charge on any atom is -0.470 e. The van der Waals surface area contributed by atoms with E-state index in [9.17, 15) is 4.79 Å². The zero-order chi connectivity index (χ0) is 18.1. The first kappa shape index (κ1) is 19.3. The molecule has 25 heavy (non-hydrogen) atoms. The van der Waals surface area contributed by atoms with E-state index in [0.29, 0.717) is 23.0 Å². The molecule has 1 amide bonds. The molecule has 0 saturated carbocycles. The van der Waals surface area contributed by atoms with Crippen molar-refractivity contribution in [2.75, 3.05) is 26.2 Å². The number of hydrogen-bond donors (Lipinski definition) is 1. The van der Waals surface area contributed by atoms with E-state index >= 15 is 0 Å². The molecule has 2 aromatic rings. The van der Waals surface area contributed by atoms with E-state index in [1.165, 1.54) is 0 Å². The molecule has 0 aliphatic heterocycles. The monoisotopic (exact) mass is 364 g/mol. The molecule has 0 bridgehead atoms. The van der Waals surface area contributed by atoms with Gasteiger partial charge in [-0.2, -0.15) is 5.10 Å². The smallest absolute Gasteiger partial charge is 0.271 e. The lowest BCUT2D eigenvalue weighted by Gasteiger charge is -2.17. The van der Waals surface area contributed by atoms with Gasteiger partial charge in [-0.25, -0.2) is 4.68 Å². The average Bonchev–Trinajstić information content (AvgIpc) is 3.10. The van der Waals surface area contributed by atoms with Crippen LogP contribution in [0.2, 0.25) is 5.02 Å². The summed E-state index contributed by atoms with van der Waals surface area (Å²) in [6, 6.07) is 8.91. The number of ether oxygens (including phenoxy) is 1. The van der Waals surface area contributed by atoms with Crippen LogP contribution >= 0.6 is 11.6 Å². The van der Waals surface area contributed by atoms with Gasteiger partial charge in [-0.1, -0.05) is 37.6 Å². The SMILES string of the molecule is CCN(CC)CCCNC(=O)c1ccn(COc2ccccc2Cl)n1. The van der Waals surface area contributed by atoms with Crippen molar-refractivity contribution < 1.29 is 9.53 Å². The first-order valence-corrected chi connectivity index (χ1v) is 8.93. The molecule has 1 N–H and O–H groups in total. The molecular formula is C18H25ClN4O2. The summed E-state index contributed by atoms with van der Waals surface area (Å²) >= 11 is 6.04. The van der Waals surface area contributed by atoms with Crippen molar-refractivity contribution in [3.05, 3.63) is 47.2 Å². The molecule has 0 saturated heterocycles. The summed E-state index contributed by atoms with van der Waals surface area (Å²) in [5.74, 6) is 0.415. The lowest BCUT2D eigenvalue weighted by molar-refractivity contribution is 0.0945. The maximum Gasteiger partial charge on any atom is 0.271 e. The highest BCUT2D eigenvalue weighted by Crippen LogP contribution is 2.23. The number of nitrogens with one attached hydrogen (secondary N) is 1. The zero-order valence-corrected chi connectivity index (χ0v) is 15.5. The number of hydrogen-bond acceptors (Lipinski definition) is 4. The van der Waals surface area contributed by atoms with Gasteiger partial charge < -0.3 is 15.0 Å². The summed E-state index contributed by atoms with van der Waals surface area (Å²) in [6.45, 7) is 8.14. The lowest BCUT2D eigenvalue weighted by Crippen LogP contribution is -2.30. The zero-order valence-electron chi connectivity index (χ0n) is 14.7. The summed E-state index contributed by atoms with van der Waals surface area (Å²) in [6.07, 6.45) is 2.63. The van der Waals surface area contributed by atoms with Crippen molar-refractivity contribution in [1.82, 2.24) is 20.0 Å². The third kappa shape index (κ3) is 6.07. The number of carbonyl (C=O) groups excluding carboxylic acids is 1. The number of carbonyl (C=O) groups is 1. The molecule has 7 heteroatoms. The number of rotatable bonds is 10. The number of para-hydroxylation sites is 1. The maximum atomic E-state index is 12.1. The fourth-order valence-electron chi connectivity index (χ4n) is 2.39. The number of benzene rings is 1. The van der Waals surface area contributed by atoms with Crippen LogP contribution in [0.5, 0.6) is 5.75 Å². The van der Waals surface area contributed by atoms with Crippen LogP contribution in [0.15, 0.2) is 36.5 Å². The van der Waals surface area contributed by atoms with Gasteiger partial charge in [0.2, 0.25) is 0 Å². The van der Waals surface area contributed by atoms with Gasteiger partial charge in [0.25, 0.3) is 5.91 Å². The number of nitrogens with zero attached hydrogens (tertiary/aromatic N) is 3. The normalized spacial score (nSPS) is 10.9. The van der Waals surface area contributed by atoms with Crippen molar-refractivity contribution in [2.45, 2.75) is 27.0 Å². The Bertz CT molecular complexity index is 671. The Morgan fingerprint density at radius 2 is 2.04 bits per heavy atom. The Hall–Kier alpha value is -2.05. The molecule has 6 nitrogen and oxygen atoms in total.